The van der Waals surface area contributed by atoms with E-state index in [1.54, 1.807) is 32.1 Å². The van der Waals surface area contributed by atoms with Gasteiger partial charge >= 0.3 is 0 Å². The lowest BCUT2D eigenvalue weighted by Gasteiger charge is -2.31. The summed E-state index contributed by atoms with van der Waals surface area (Å²) in [6.07, 6.45) is -0.0108. The molecule has 2 aromatic carbocycles. The second-order valence-corrected chi connectivity index (χ2v) is 8.77. The first-order valence-corrected chi connectivity index (χ1v) is 11.0. The summed E-state index contributed by atoms with van der Waals surface area (Å²) in [5.74, 6) is -1.25. The van der Waals surface area contributed by atoms with Crippen LogP contribution >= 0.6 is 0 Å². The van der Waals surface area contributed by atoms with E-state index in [2.05, 4.69) is 0 Å². The molecule has 4 rings (SSSR count). The van der Waals surface area contributed by atoms with Gasteiger partial charge in [-0.25, -0.2) is 8.78 Å². The molecule has 180 valence electrons. The Bertz CT molecular complexity index is 1270. The zero-order chi connectivity index (χ0) is 24.6. The van der Waals surface area contributed by atoms with Gasteiger partial charge in [-0.2, -0.15) is 0 Å². The molecule has 0 saturated carbocycles. The molecule has 0 radical (unpaired) electrons. The van der Waals surface area contributed by atoms with Crippen molar-refractivity contribution < 1.29 is 22.7 Å². The lowest BCUT2D eigenvalue weighted by atomic mass is 10.0. The Hall–Kier alpha value is -3.46. The standard InChI is InChI=1S/C25H27F2N3O4/c1-15-13-30(5-6-33-15)23-12-22(31)21-8-16(25(32)28(2)3)7-17(24(21)34-23)14-29(4)20-10-18(26)9-19(27)11-20/h7-12,15H,5-6,13-14H2,1-4H3/t15-/m1/s1. The number of carbonyl (C=O) groups excluding carboxylic acids is 1. The summed E-state index contributed by atoms with van der Waals surface area (Å²) in [6.45, 7) is 3.76. The van der Waals surface area contributed by atoms with E-state index in [9.17, 15) is 18.4 Å². The Morgan fingerprint density at radius 2 is 1.79 bits per heavy atom. The maximum atomic E-state index is 13.8. The van der Waals surface area contributed by atoms with E-state index in [4.69, 9.17) is 9.15 Å². The molecule has 1 amide bonds. The van der Waals surface area contributed by atoms with Crippen molar-refractivity contribution >= 4 is 28.4 Å². The number of amides is 1. The van der Waals surface area contributed by atoms with Crippen LogP contribution in [-0.4, -0.2) is 57.8 Å². The van der Waals surface area contributed by atoms with Gasteiger partial charge in [0.1, 0.15) is 17.2 Å². The van der Waals surface area contributed by atoms with Gasteiger partial charge in [0.05, 0.1) is 18.1 Å². The highest BCUT2D eigenvalue weighted by molar-refractivity contribution is 5.98. The third-order valence-electron chi connectivity index (χ3n) is 5.79. The van der Waals surface area contributed by atoms with Gasteiger partial charge in [-0.1, -0.05) is 0 Å². The summed E-state index contributed by atoms with van der Waals surface area (Å²) in [7, 11) is 4.92. The summed E-state index contributed by atoms with van der Waals surface area (Å²) in [5.41, 5.74) is 1.25. The topological polar surface area (TPSA) is 66.2 Å². The molecule has 2 heterocycles. The third kappa shape index (κ3) is 4.89. The predicted octanol–water partition coefficient (Wildman–Crippen LogP) is 3.63. The first-order chi connectivity index (χ1) is 16.1. The molecule has 1 aromatic heterocycles. The highest BCUT2D eigenvalue weighted by atomic mass is 19.1. The second-order valence-electron chi connectivity index (χ2n) is 8.77. The molecule has 3 aromatic rings. The molecule has 0 spiro atoms. The van der Waals surface area contributed by atoms with E-state index in [1.807, 2.05) is 11.8 Å². The number of halogens is 2. The van der Waals surface area contributed by atoms with E-state index in [-0.39, 0.29) is 29.4 Å². The van der Waals surface area contributed by atoms with Crippen molar-refractivity contribution in [2.75, 3.05) is 50.6 Å². The van der Waals surface area contributed by atoms with E-state index in [0.717, 1.165) is 6.07 Å². The van der Waals surface area contributed by atoms with Crippen LogP contribution in [0.2, 0.25) is 0 Å². The molecule has 0 unspecified atom stereocenters. The number of fused-ring (bicyclic) bond motifs is 1. The Morgan fingerprint density at radius 1 is 1.09 bits per heavy atom. The van der Waals surface area contributed by atoms with Crippen LogP contribution in [0.25, 0.3) is 11.0 Å². The Balaban J connectivity index is 1.83. The fourth-order valence-electron chi connectivity index (χ4n) is 4.10. The Morgan fingerprint density at radius 3 is 2.44 bits per heavy atom. The molecule has 0 N–H and O–H groups in total. The van der Waals surface area contributed by atoms with E-state index >= 15 is 0 Å². The summed E-state index contributed by atoms with van der Waals surface area (Å²) < 4.78 is 39.4. The smallest absolute Gasteiger partial charge is 0.253 e. The monoisotopic (exact) mass is 471 g/mol. The van der Waals surface area contributed by atoms with Crippen molar-refractivity contribution in [2.24, 2.45) is 0 Å². The number of rotatable bonds is 5. The number of nitrogens with zero attached hydrogens (tertiary/aromatic N) is 3. The maximum Gasteiger partial charge on any atom is 0.253 e. The maximum absolute atomic E-state index is 13.8. The van der Waals surface area contributed by atoms with Crippen LogP contribution in [0.1, 0.15) is 22.8 Å². The third-order valence-corrected chi connectivity index (χ3v) is 5.79. The van der Waals surface area contributed by atoms with Crippen LogP contribution < -0.4 is 15.2 Å². The summed E-state index contributed by atoms with van der Waals surface area (Å²) >= 11 is 0. The normalized spacial score (nSPS) is 16.1. The van der Waals surface area contributed by atoms with Crippen molar-refractivity contribution in [3.8, 4) is 0 Å². The van der Waals surface area contributed by atoms with E-state index < -0.39 is 11.6 Å². The van der Waals surface area contributed by atoms with Crippen LogP contribution in [0.3, 0.4) is 0 Å². The van der Waals surface area contributed by atoms with Crippen LogP contribution in [0.5, 0.6) is 0 Å². The molecule has 1 aliphatic heterocycles. The van der Waals surface area contributed by atoms with Crippen LogP contribution in [0, 0.1) is 11.6 Å². The van der Waals surface area contributed by atoms with E-state index in [1.165, 1.54) is 29.2 Å². The SMILES string of the molecule is C[C@@H]1CN(c2cc(=O)c3cc(C(=O)N(C)C)cc(CN(C)c4cc(F)cc(F)c4)c3o2)CCO1. The molecule has 0 aliphatic carbocycles. The zero-order valence-electron chi connectivity index (χ0n) is 19.6. The Kier molecular flexibility index (Phi) is 6.56. The minimum Gasteiger partial charge on any atom is -0.440 e. The van der Waals surface area contributed by atoms with Crippen molar-refractivity contribution in [2.45, 2.75) is 19.6 Å². The van der Waals surface area contributed by atoms with Gasteiger partial charge < -0.3 is 23.9 Å². The summed E-state index contributed by atoms with van der Waals surface area (Å²) in [4.78, 5) is 30.8. The van der Waals surface area contributed by atoms with E-state index in [0.29, 0.717) is 48.0 Å². The molecule has 1 aliphatic rings. The molecular formula is C25H27F2N3O4. The highest BCUT2D eigenvalue weighted by Crippen LogP contribution is 2.28. The van der Waals surface area contributed by atoms with Gasteiger partial charge in [-0.15, -0.1) is 0 Å². The van der Waals surface area contributed by atoms with Crippen molar-refractivity contribution in [1.29, 1.82) is 0 Å². The van der Waals surface area contributed by atoms with Crippen molar-refractivity contribution in [3.05, 3.63) is 69.4 Å². The minimum absolute atomic E-state index is 0.0108. The lowest BCUT2D eigenvalue weighted by Crippen LogP contribution is -2.41. The number of ether oxygens (including phenoxy) is 1. The fourth-order valence-corrected chi connectivity index (χ4v) is 4.10. The number of hydrogen-bond acceptors (Lipinski definition) is 6. The molecule has 0 bridgehead atoms. The van der Waals surface area contributed by atoms with Crippen LogP contribution in [0.15, 0.2) is 45.6 Å². The first-order valence-electron chi connectivity index (χ1n) is 11.0. The zero-order valence-corrected chi connectivity index (χ0v) is 19.6. The van der Waals surface area contributed by atoms with Gasteiger partial charge in [0.25, 0.3) is 5.91 Å². The quantitative estimate of drug-likeness (QED) is 0.566. The molecule has 9 heteroatoms. The highest BCUT2D eigenvalue weighted by Gasteiger charge is 2.22. The number of benzene rings is 2. The van der Waals surface area contributed by atoms with Crippen LogP contribution in [-0.2, 0) is 11.3 Å². The van der Waals surface area contributed by atoms with Gasteiger partial charge in [0.15, 0.2) is 11.3 Å². The van der Waals surface area contributed by atoms with Gasteiger partial charge in [0.2, 0.25) is 0 Å². The largest absolute Gasteiger partial charge is 0.440 e. The average molecular weight is 472 g/mol. The molecule has 1 saturated heterocycles. The number of carbonyl (C=O) groups is 1. The molecule has 7 nitrogen and oxygen atoms in total. The minimum atomic E-state index is -0.696. The Labute approximate surface area is 196 Å². The van der Waals surface area contributed by atoms with Crippen molar-refractivity contribution in [3.63, 3.8) is 0 Å². The predicted molar refractivity (Wildman–Crippen MR) is 127 cm³/mol. The molecular weight excluding hydrogens is 444 g/mol. The summed E-state index contributed by atoms with van der Waals surface area (Å²) in [5, 5.41) is 0.270. The average Bonchev–Trinajstić information content (AvgIpc) is 2.78. The summed E-state index contributed by atoms with van der Waals surface area (Å²) in [6, 6.07) is 7.86. The van der Waals surface area contributed by atoms with Gasteiger partial charge in [0, 0.05) is 69.7 Å². The van der Waals surface area contributed by atoms with Gasteiger partial charge in [-0.05, 0) is 31.2 Å². The number of anilines is 2. The van der Waals surface area contributed by atoms with Crippen molar-refractivity contribution in [1.82, 2.24) is 4.90 Å². The molecule has 1 atom stereocenters. The number of morpholine rings is 1. The molecule has 1 fully saturated rings. The second kappa shape index (κ2) is 9.42. The fraction of sp³-hybridized carbons (Fsp3) is 0.360. The first kappa shape index (κ1) is 23.7. The molecule has 34 heavy (non-hydrogen) atoms. The van der Waals surface area contributed by atoms with Crippen LogP contribution in [0.4, 0.5) is 20.4 Å². The number of hydrogen-bond donors (Lipinski definition) is 0. The lowest BCUT2D eigenvalue weighted by molar-refractivity contribution is 0.0517. The van der Waals surface area contributed by atoms with Gasteiger partial charge in [-0.3, -0.25) is 9.59 Å².